The summed E-state index contributed by atoms with van der Waals surface area (Å²) in [5.74, 6) is 2.85. The van der Waals surface area contributed by atoms with Gasteiger partial charge in [0.05, 0.1) is 10.9 Å². The Morgan fingerprint density at radius 2 is 1.81 bits per heavy atom. The first-order valence-electron chi connectivity index (χ1n) is 9.15. The molecule has 0 aliphatic heterocycles. The van der Waals surface area contributed by atoms with Gasteiger partial charge in [-0.05, 0) is 24.3 Å². The minimum atomic E-state index is -3.05. The molecule has 0 bridgehead atoms. The quantitative estimate of drug-likeness (QED) is 0.0942. The zero-order chi connectivity index (χ0) is 24.0. The summed E-state index contributed by atoms with van der Waals surface area (Å²) in [7, 11) is 0. The molecule has 1 heterocycles. The Labute approximate surface area is 185 Å². The van der Waals surface area contributed by atoms with Crippen molar-refractivity contribution in [2.75, 3.05) is 12.3 Å². The van der Waals surface area contributed by atoms with Crippen LogP contribution in [0.1, 0.15) is 13.8 Å². The molecule has 0 aliphatic carbocycles. The molecule has 0 fully saturated rings. The molecule has 1 aromatic heterocycles. The van der Waals surface area contributed by atoms with Crippen molar-refractivity contribution < 1.29 is 22.3 Å². The number of aromatic nitrogens is 2. The maximum absolute atomic E-state index is 14.5. The zero-order valence-corrected chi connectivity index (χ0v) is 17.7. The third-order valence-electron chi connectivity index (χ3n) is 3.92. The summed E-state index contributed by atoms with van der Waals surface area (Å²) >= 11 is 5.67. The Morgan fingerprint density at radius 1 is 1.16 bits per heavy atom. The number of nitrogen functional groups attached to an aromatic ring is 1. The Kier molecular flexibility index (Phi) is 8.38. The molecule has 0 saturated heterocycles. The van der Waals surface area contributed by atoms with Gasteiger partial charge in [-0.15, -0.1) is 5.10 Å². The van der Waals surface area contributed by atoms with Gasteiger partial charge in [0.1, 0.15) is 35.3 Å². The highest BCUT2D eigenvalue weighted by Crippen LogP contribution is 2.38. The van der Waals surface area contributed by atoms with Crippen LogP contribution in [-0.2, 0) is 0 Å². The molecule has 2 aromatic carbocycles. The van der Waals surface area contributed by atoms with Crippen molar-refractivity contribution in [2.45, 2.75) is 20.4 Å². The number of amidine groups is 1. The fraction of sp³-hybridized carbons (Fsp3) is 0.211. The second-order valence-corrected chi connectivity index (χ2v) is 6.23. The number of hydrogen-bond donors (Lipinski definition) is 3. The molecular formula is C19H20ClF4N7O. The van der Waals surface area contributed by atoms with Gasteiger partial charge in [-0.2, -0.15) is 13.9 Å². The lowest BCUT2D eigenvalue weighted by Gasteiger charge is -2.15. The molecule has 6 N–H and O–H groups in total. The molecule has 0 amide bonds. The number of nitrogens with zero attached hydrogens (tertiary/aromatic N) is 4. The van der Waals surface area contributed by atoms with E-state index in [1.54, 1.807) is 0 Å². The lowest BCUT2D eigenvalue weighted by Crippen LogP contribution is -2.35. The summed E-state index contributed by atoms with van der Waals surface area (Å²) in [6, 6.07) is 5.07. The number of hydrogen-bond acceptors (Lipinski definition) is 7. The fourth-order valence-corrected chi connectivity index (χ4v) is 2.78. The summed E-state index contributed by atoms with van der Waals surface area (Å²) in [4.78, 5) is 7.98. The highest BCUT2D eigenvalue weighted by atomic mass is 35.5. The number of fused-ring (bicyclic) bond motifs is 1. The van der Waals surface area contributed by atoms with Crippen molar-refractivity contribution >= 4 is 34.2 Å². The second kappa shape index (κ2) is 10.8. The molecule has 172 valence electrons. The van der Waals surface area contributed by atoms with Gasteiger partial charge in [0.2, 0.25) is 0 Å². The number of nitrogens with two attached hydrogens (primary N) is 3. The average Bonchev–Trinajstić information content (AvgIpc) is 2.77. The zero-order valence-electron chi connectivity index (χ0n) is 17.0. The van der Waals surface area contributed by atoms with Gasteiger partial charge in [-0.1, -0.05) is 25.4 Å². The lowest BCUT2D eigenvalue weighted by atomic mass is 10.0. The number of ether oxygens (including phenoxy) is 1. The molecular weight excluding hydrogens is 454 g/mol. The fourth-order valence-electron chi connectivity index (χ4n) is 2.61. The van der Waals surface area contributed by atoms with Crippen LogP contribution in [0, 0.1) is 11.6 Å². The van der Waals surface area contributed by atoms with E-state index in [-0.39, 0.29) is 44.6 Å². The van der Waals surface area contributed by atoms with Crippen molar-refractivity contribution in [1.29, 1.82) is 0 Å². The highest BCUT2D eigenvalue weighted by Gasteiger charge is 2.19. The van der Waals surface area contributed by atoms with Crippen LogP contribution in [0.2, 0.25) is 5.02 Å². The van der Waals surface area contributed by atoms with Gasteiger partial charge in [-0.3, -0.25) is 0 Å². The van der Waals surface area contributed by atoms with Crippen molar-refractivity contribution in [3.8, 4) is 16.9 Å². The van der Waals surface area contributed by atoms with Crippen LogP contribution in [-0.4, -0.2) is 34.1 Å². The SMILES string of the molecule is CC.N/C(COc1ccc(-c2ccc(F)c(Cl)c2F)c2ncnc(N)c12)=N\N(N)C(F)F. The summed E-state index contributed by atoms with van der Waals surface area (Å²) in [5, 5.41) is 2.66. The Bertz CT molecular complexity index is 1130. The van der Waals surface area contributed by atoms with E-state index in [9.17, 15) is 17.6 Å². The van der Waals surface area contributed by atoms with Crippen molar-refractivity contribution in [3.05, 3.63) is 47.2 Å². The summed E-state index contributed by atoms with van der Waals surface area (Å²) in [5.41, 5.74) is 11.9. The molecule has 13 heteroatoms. The largest absolute Gasteiger partial charge is 0.485 e. The van der Waals surface area contributed by atoms with Gasteiger partial charge in [0.25, 0.3) is 0 Å². The number of halogens is 5. The van der Waals surface area contributed by atoms with Crippen LogP contribution >= 0.6 is 11.6 Å². The molecule has 8 nitrogen and oxygen atoms in total. The van der Waals surface area contributed by atoms with E-state index >= 15 is 0 Å². The van der Waals surface area contributed by atoms with E-state index in [2.05, 4.69) is 15.1 Å². The minimum absolute atomic E-state index is 0.00555. The Hall–Kier alpha value is -3.38. The van der Waals surface area contributed by atoms with Crippen LogP contribution in [0.5, 0.6) is 5.75 Å². The maximum Gasteiger partial charge on any atom is 0.342 e. The lowest BCUT2D eigenvalue weighted by molar-refractivity contribution is -0.0270. The first-order valence-corrected chi connectivity index (χ1v) is 9.53. The van der Waals surface area contributed by atoms with Crippen LogP contribution in [0.15, 0.2) is 35.7 Å². The third kappa shape index (κ3) is 5.26. The molecule has 3 rings (SSSR count). The van der Waals surface area contributed by atoms with Gasteiger partial charge in [0.15, 0.2) is 11.7 Å². The number of hydrazine groups is 1. The van der Waals surface area contributed by atoms with E-state index in [0.717, 1.165) is 12.4 Å². The van der Waals surface area contributed by atoms with E-state index in [0.29, 0.717) is 0 Å². The topological polar surface area (TPSA) is 129 Å². The highest BCUT2D eigenvalue weighted by molar-refractivity contribution is 6.31. The number of alkyl halides is 2. The van der Waals surface area contributed by atoms with Gasteiger partial charge in [-0.25, -0.2) is 24.6 Å². The van der Waals surface area contributed by atoms with Crippen LogP contribution < -0.4 is 22.0 Å². The van der Waals surface area contributed by atoms with Crippen molar-refractivity contribution in [2.24, 2.45) is 16.7 Å². The van der Waals surface area contributed by atoms with Gasteiger partial charge < -0.3 is 16.2 Å². The summed E-state index contributed by atoms with van der Waals surface area (Å²) < 4.78 is 58.3. The number of rotatable bonds is 6. The monoisotopic (exact) mass is 473 g/mol. The molecule has 32 heavy (non-hydrogen) atoms. The van der Waals surface area contributed by atoms with E-state index in [4.69, 9.17) is 33.6 Å². The van der Waals surface area contributed by atoms with Crippen LogP contribution in [0.25, 0.3) is 22.0 Å². The van der Waals surface area contributed by atoms with Gasteiger partial charge in [0, 0.05) is 11.1 Å². The van der Waals surface area contributed by atoms with E-state index in [1.807, 2.05) is 13.8 Å². The Balaban J connectivity index is 0.00000176. The normalized spacial score (nSPS) is 11.3. The molecule has 0 unspecified atom stereocenters. The predicted octanol–water partition coefficient (Wildman–Crippen LogP) is 3.89. The van der Waals surface area contributed by atoms with Crippen LogP contribution in [0.3, 0.4) is 0 Å². The average molecular weight is 474 g/mol. The molecule has 0 saturated carbocycles. The second-order valence-electron chi connectivity index (χ2n) is 5.85. The molecule has 0 spiro atoms. The van der Waals surface area contributed by atoms with Crippen LogP contribution in [0.4, 0.5) is 23.4 Å². The molecule has 0 radical (unpaired) electrons. The van der Waals surface area contributed by atoms with E-state index < -0.39 is 29.8 Å². The molecule has 3 aromatic rings. The molecule has 0 atom stereocenters. The minimum Gasteiger partial charge on any atom is -0.485 e. The summed E-state index contributed by atoms with van der Waals surface area (Å²) in [6.45, 7) is 0.532. The third-order valence-corrected chi connectivity index (χ3v) is 4.27. The number of anilines is 1. The first-order chi connectivity index (χ1) is 15.2. The molecule has 0 aliphatic rings. The Morgan fingerprint density at radius 3 is 2.47 bits per heavy atom. The summed E-state index contributed by atoms with van der Waals surface area (Å²) in [6.07, 6.45) is 1.15. The van der Waals surface area contributed by atoms with Crippen molar-refractivity contribution in [3.63, 3.8) is 0 Å². The first kappa shape index (κ1) is 24.9. The maximum atomic E-state index is 14.5. The predicted molar refractivity (Wildman–Crippen MR) is 115 cm³/mol. The van der Waals surface area contributed by atoms with Gasteiger partial charge >= 0.3 is 6.55 Å². The van der Waals surface area contributed by atoms with E-state index in [1.165, 1.54) is 18.2 Å². The van der Waals surface area contributed by atoms with Crippen molar-refractivity contribution in [1.82, 2.24) is 15.1 Å². The number of benzene rings is 2. The standard InChI is InChI=1S/C17H14ClF4N7O.C2H6/c18-13-9(19)3-1-7(14(13)20)8-2-4-10(12-15(8)26-6-27-16(12)24)30-5-11(23)28-29(25)17(21)22;1-2/h1-4,6,17H,5,25H2,(H2,23,28)(H2,24,26,27);1-2H3. The smallest absolute Gasteiger partial charge is 0.342 e. The number of hydrazone groups is 1.